The van der Waals surface area contributed by atoms with Crippen molar-refractivity contribution in [3.63, 3.8) is 0 Å². The van der Waals surface area contributed by atoms with Crippen molar-refractivity contribution in [3.05, 3.63) is 58.1 Å². The van der Waals surface area contributed by atoms with Crippen molar-refractivity contribution in [1.82, 2.24) is 0 Å². The predicted octanol–water partition coefficient (Wildman–Crippen LogP) is 3.98. The van der Waals surface area contributed by atoms with Gasteiger partial charge in [-0.3, -0.25) is 4.79 Å². The number of benzene rings is 2. The van der Waals surface area contributed by atoms with Gasteiger partial charge < -0.3 is 15.2 Å². The van der Waals surface area contributed by atoms with Gasteiger partial charge in [0, 0.05) is 18.4 Å². The zero-order chi connectivity index (χ0) is 17.1. The number of ether oxygens (including phenoxy) is 1. The Morgan fingerprint density at radius 3 is 2.67 bits per heavy atom. The average molecular weight is 325 g/mol. The molecule has 1 aliphatic rings. The fourth-order valence-electron chi connectivity index (χ4n) is 3.40. The highest BCUT2D eigenvalue weighted by molar-refractivity contribution is 6.06. The Balaban J connectivity index is 1.90. The van der Waals surface area contributed by atoms with Gasteiger partial charge in [0.1, 0.15) is 5.75 Å². The van der Waals surface area contributed by atoms with Crippen LogP contribution in [0.15, 0.2) is 30.3 Å². The lowest BCUT2D eigenvalue weighted by Gasteiger charge is -2.21. The van der Waals surface area contributed by atoms with Crippen LogP contribution < -0.4 is 5.32 Å². The summed E-state index contributed by atoms with van der Waals surface area (Å²) in [6.07, 6.45) is 3.92. The lowest BCUT2D eigenvalue weighted by molar-refractivity contribution is 0.102. The zero-order valence-electron chi connectivity index (χ0n) is 14.2. The molecule has 0 saturated heterocycles. The van der Waals surface area contributed by atoms with Crippen molar-refractivity contribution in [2.45, 2.75) is 39.2 Å². The minimum absolute atomic E-state index is 0.121. The fourth-order valence-corrected chi connectivity index (χ4v) is 3.40. The number of methoxy groups -OCH3 is 1. The molecule has 0 spiro atoms. The molecule has 4 nitrogen and oxygen atoms in total. The Bertz CT molecular complexity index is 768. The van der Waals surface area contributed by atoms with Crippen LogP contribution in [0.25, 0.3) is 0 Å². The van der Waals surface area contributed by atoms with Gasteiger partial charge in [-0.2, -0.15) is 0 Å². The van der Waals surface area contributed by atoms with E-state index in [0.29, 0.717) is 17.9 Å². The van der Waals surface area contributed by atoms with Gasteiger partial charge in [0.05, 0.1) is 6.61 Å². The normalized spacial score (nSPS) is 13.4. The fraction of sp³-hybridized carbons (Fsp3) is 0.350. The van der Waals surface area contributed by atoms with E-state index in [9.17, 15) is 9.90 Å². The van der Waals surface area contributed by atoms with E-state index in [1.54, 1.807) is 19.2 Å². The van der Waals surface area contributed by atoms with E-state index in [4.69, 9.17) is 4.74 Å². The molecule has 0 radical (unpaired) electrons. The van der Waals surface area contributed by atoms with Crippen LogP contribution in [-0.4, -0.2) is 18.1 Å². The molecular formula is C20H23NO3. The molecule has 2 aromatic rings. The Kier molecular flexibility index (Phi) is 4.86. The highest BCUT2D eigenvalue weighted by atomic mass is 16.5. The molecule has 0 saturated carbocycles. The minimum Gasteiger partial charge on any atom is -0.508 e. The zero-order valence-corrected chi connectivity index (χ0v) is 14.2. The van der Waals surface area contributed by atoms with Crippen molar-refractivity contribution in [1.29, 1.82) is 0 Å². The molecule has 2 N–H and O–H groups in total. The van der Waals surface area contributed by atoms with Gasteiger partial charge >= 0.3 is 0 Å². The largest absolute Gasteiger partial charge is 0.508 e. The quantitative estimate of drug-likeness (QED) is 0.836. The predicted molar refractivity (Wildman–Crippen MR) is 94.6 cm³/mol. The molecule has 1 aliphatic carbocycles. The molecule has 2 aromatic carbocycles. The molecule has 1 amide bonds. The second-order valence-electron chi connectivity index (χ2n) is 6.27. The molecule has 0 heterocycles. The van der Waals surface area contributed by atoms with Gasteiger partial charge in [-0.1, -0.05) is 12.1 Å². The second-order valence-corrected chi connectivity index (χ2v) is 6.27. The summed E-state index contributed by atoms with van der Waals surface area (Å²) in [5.41, 5.74) is 5.46. The lowest BCUT2D eigenvalue weighted by Crippen LogP contribution is -2.17. The van der Waals surface area contributed by atoms with Crippen molar-refractivity contribution in [3.8, 4) is 5.75 Å². The maximum Gasteiger partial charge on any atom is 0.255 e. The number of phenols is 1. The van der Waals surface area contributed by atoms with E-state index in [1.165, 1.54) is 0 Å². The van der Waals surface area contributed by atoms with Crippen molar-refractivity contribution in [2.24, 2.45) is 0 Å². The number of fused-ring (bicyclic) bond motifs is 1. The van der Waals surface area contributed by atoms with E-state index in [2.05, 4.69) is 5.32 Å². The number of carbonyl (C=O) groups excluding carboxylic acids is 1. The third-order valence-corrected chi connectivity index (χ3v) is 4.75. The Morgan fingerprint density at radius 1 is 1.17 bits per heavy atom. The van der Waals surface area contributed by atoms with Gasteiger partial charge in [0.2, 0.25) is 0 Å². The summed E-state index contributed by atoms with van der Waals surface area (Å²) in [5, 5.41) is 13.1. The maximum atomic E-state index is 12.7. The first-order valence-electron chi connectivity index (χ1n) is 8.34. The number of aromatic hydroxyl groups is 1. The standard InChI is InChI=1S/C20H23NO3/c1-13-14(12-24-2)6-5-9-15(13)20(23)21-18-10-11-19(22)17-8-4-3-7-16(17)18/h5-6,9-11,22H,3-4,7-8,12H2,1-2H3,(H,21,23). The summed E-state index contributed by atoms with van der Waals surface area (Å²) in [6.45, 7) is 2.43. The summed E-state index contributed by atoms with van der Waals surface area (Å²) in [5.74, 6) is 0.213. The summed E-state index contributed by atoms with van der Waals surface area (Å²) in [7, 11) is 1.65. The molecule has 0 fully saturated rings. The van der Waals surface area contributed by atoms with Gasteiger partial charge in [-0.15, -0.1) is 0 Å². The van der Waals surface area contributed by atoms with Crippen molar-refractivity contribution in [2.75, 3.05) is 12.4 Å². The summed E-state index contributed by atoms with van der Waals surface area (Å²) in [6, 6.07) is 9.15. The first-order chi connectivity index (χ1) is 11.6. The van der Waals surface area contributed by atoms with Crippen LogP contribution >= 0.6 is 0 Å². The Hall–Kier alpha value is -2.33. The summed E-state index contributed by atoms with van der Waals surface area (Å²) < 4.78 is 5.19. The summed E-state index contributed by atoms with van der Waals surface area (Å²) >= 11 is 0. The highest BCUT2D eigenvalue weighted by Crippen LogP contribution is 2.34. The molecule has 0 atom stereocenters. The van der Waals surface area contributed by atoms with Gasteiger partial charge in [0.25, 0.3) is 5.91 Å². The van der Waals surface area contributed by atoms with Gasteiger partial charge in [-0.25, -0.2) is 0 Å². The van der Waals surface area contributed by atoms with Crippen LogP contribution in [0.4, 0.5) is 5.69 Å². The molecule has 0 aromatic heterocycles. The SMILES string of the molecule is COCc1cccc(C(=O)Nc2ccc(O)c3c2CCCC3)c1C. The van der Waals surface area contributed by atoms with E-state index >= 15 is 0 Å². The number of carbonyl (C=O) groups is 1. The Morgan fingerprint density at radius 2 is 1.92 bits per heavy atom. The monoisotopic (exact) mass is 325 g/mol. The van der Waals surface area contributed by atoms with Crippen LogP contribution in [-0.2, 0) is 24.2 Å². The van der Waals surface area contributed by atoms with Crippen LogP contribution in [0, 0.1) is 6.92 Å². The van der Waals surface area contributed by atoms with E-state index in [-0.39, 0.29) is 5.91 Å². The maximum absolute atomic E-state index is 12.7. The first-order valence-corrected chi connectivity index (χ1v) is 8.34. The molecule has 24 heavy (non-hydrogen) atoms. The number of nitrogens with one attached hydrogen (secondary N) is 1. The topological polar surface area (TPSA) is 58.6 Å². The van der Waals surface area contributed by atoms with Crippen LogP contribution in [0.2, 0.25) is 0 Å². The van der Waals surface area contributed by atoms with E-state index < -0.39 is 0 Å². The van der Waals surface area contributed by atoms with Gasteiger partial charge in [0.15, 0.2) is 0 Å². The van der Waals surface area contributed by atoms with Gasteiger partial charge in [-0.05, 0) is 73.1 Å². The molecule has 0 bridgehead atoms. The van der Waals surface area contributed by atoms with Crippen LogP contribution in [0.1, 0.15) is 45.5 Å². The number of anilines is 1. The highest BCUT2D eigenvalue weighted by Gasteiger charge is 2.19. The number of hydrogen-bond acceptors (Lipinski definition) is 3. The number of amides is 1. The molecule has 4 heteroatoms. The third-order valence-electron chi connectivity index (χ3n) is 4.75. The average Bonchev–Trinajstić information content (AvgIpc) is 2.59. The lowest BCUT2D eigenvalue weighted by atomic mass is 9.89. The van der Waals surface area contributed by atoms with E-state index in [0.717, 1.165) is 53.6 Å². The molecule has 0 unspecified atom stereocenters. The van der Waals surface area contributed by atoms with Crippen LogP contribution in [0.3, 0.4) is 0 Å². The van der Waals surface area contributed by atoms with Crippen molar-refractivity contribution >= 4 is 11.6 Å². The molecule has 0 aliphatic heterocycles. The number of rotatable bonds is 4. The van der Waals surface area contributed by atoms with Crippen LogP contribution in [0.5, 0.6) is 5.75 Å². The van der Waals surface area contributed by atoms with E-state index in [1.807, 2.05) is 25.1 Å². The smallest absolute Gasteiger partial charge is 0.255 e. The molecule has 126 valence electrons. The number of hydrogen-bond donors (Lipinski definition) is 2. The third kappa shape index (κ3) is 3.15. The summed E-state index contributed by atoms with van der Waals surface area (Å²) in [4.78, 5) is 12.7. The first kappa shape index (κ1) is 16.5. The number of phenolic OH excluding ortho intramolecular Hbond substituents is 1. The molecular weight excluding hydrogens is 302 g/mol. The second kappa shape index (κ2) is 7.05. The Labute approximate surface area is 142 Å². The minimum atomic E-state index is -0.121. The van der Waals surface area contributed by atoms with Crippen molar-refractivity contribution < 1.29 is 14.6 Å². The molecule has 3 rings (SSSR count).